The first-order chi connectivity index (χ1) is 15.4. The Morgan fingerprint density at radius 3 is 2.31 bits per heavy atom. The summed E-state index contributed by atoms with van der Waals surface area (Å²) in [6.45, 7) is 1.82. The minimum Gasteiger partial charge on any atom is -0.619 e. The molecule has 1 amide bonds. The third-order valence-electron chi connectivity index (χ3n) is 4.73. The second kappa shape index (κ2) is 10.1. The third kappa shape index (κ3) is 5.15. The minimum atomic E-state index is -4.16. The summed E-state index contributed by atoms with van der Waals surface area (Å²) in [6, 6.07) is 16.0. The van der Waals surface area contributed by atoms with Gasteiger partial charge in [-0.1, -0.05) is 37.3 Å². The number of pyridine rings is 1. The summed E-state index contributed by atoms with van der Waals surface area (Å²) in [5.74, 6) is -0.00254. The number of anilines is 1. The van der Waals surface area contributed by atoms with Gasteiger partial charge in [0.2, 0.25) is 5.91 Å². The lowest BCUT2D eigenvalue weighted by atomic mass is 10.1. The van der Waals surface area contributed by atoms with Crippen molar-refractivity contribution in [2.24, 2.45) is 0 Å². The maximum absolute atomic E-state index is 13.5. The number of rotatable bonds is 8. The second-order valence-electron chi connectivity index (χ2n) is 6.97. The number of hydrogen-bond acceptors (Lipinski definition) is 5. The molecule has 7 nitrogen and oxygen atoms in total. The number of ether oxygens (including phenoxy) is 1. The molecule has 0 aliphatic carbocycles. The molecule has 3 aromatic rings. The average Bonchev–Trinajstić information content (AvgIpc) is 2.79. The van der Waals surface area contributed by atoms with Gasteiger partial charge in [-0.2, -0.15) is 4.73 Å². The van der Waals surface area contributed by atoms with Crippen LogP contribution >= 0.6 is 0 Å². The molecule has 0 aliphatic heterocycles. The molecular formula is C24H24N2O5S. The molecule has 32 heavy (non-hydrogen) atoms. The lowest BCUT2D eigenvalue weighted by Gasteiger charge is -2.24. The van der Waals surface area contributed by atoms with E-state index in [1.165, 1.54) is 31.6 Å². The van der Waals surface area contributed by atoms with Crippen LogP contribution in [0.15, 0.2) is 78.0 Å². The van der Waals surface area contributed by atoms with Crippen LogP contribution in [0.1, 0.15) is 30.9 Å². The number of sulfonamides is 1. The summed E-state index contributed by atoms with van der Waals surface area (Å²) >= 11 is 0. The topological polar surface area (TPSA) is 90.6 Å². The van der Waals surface area contributed by atoms with Crippen LogP contribution < -0.4 is 13.8 Å². The van der Waals surface area contributed by atoms with E-state index >= 15 is 0 Å². The maximum Gasteiger partial charge on any atom is 0.270 e. The molecule has 0 atom stereocenters. The highest BCUT2D eigenvalue weighted by Gasteiger charge is 2.31. The zero-order valence-electron chi connectivity index (χ0n) is 17.8. The first-order valence-electron chi connectivity index (χ1n) is 10.0. The van der Waals surface area contributed by atoms with Crippen molar-refractivity contribution >= 4 is 33.8 Å². The van der Waals surface area contributed by atoms with Gasteiger partial charge >= 0.3 is 0 Å². The Morgan fingerprint density at radius 1 is 1.03 bits per heavy atom. The molecule has 0 saturated heterocycles. The standard InChI is InChI=1S/C24H24N2O5S/c1-3-6-24(27)26(32(29,30)22-13-11-21(31-2)12-14-22)23-8-5-4-7-20(23)10-9-19-15-17-25(28)18-16-19/h4-5,7-18H,3,6H2,1-2H3. The second-order valence-corrected chi connectivity index (χ2v) is 8.76. The molecule has 0 fully saturated rings. The van der Waals surface area contributed by atoms with Gasteiger partial charge in [0.25, 0.3) is 10.0 Å². The fourth-order valence-electron chi connectivity index (χ4n) is 3.10. The first kappa shape index (κ1) is 23.0. The molecule has 0 N–H and O–H groups in total. The van der Waals surface area contributed by atoms with Gasteiger partial charge in [-0.25, -0.2) is 12.7 Å². The number of para-hydroxylation sites is 1. The number of carbonyl (C=O) groups excluding carboxylic acids is 1. The fourth-order valence-corrected chi connectivity index (χ4v) is 4.58. The van der Waals surface area contributed by atoms with Crippen molar-refractivity contribution < 1.29 is 22.7 Å². The van der Waals surface area contributed by atoms with Gasteiger partial charge in [-0.05, 0) is 47.9 Å². The quantitative estimate of drug-likeness (QED) is 0.380. The van der Waals surface area contributed by atoms with Crippen molar-refractivity contribution in [1.29, 1.82) is 0 Å². The molecule has 0 bridgehead atoms. The van der Waals surface area contributed by atoms with Crippen molar-refractivity contribution in [3.05, 3.63) is 89.4 Å². The van der Waals surface area contributed by atoms with Gasteiger partial charge < -0.3 is 9.94 Å². The molecule has 8 heteroatoms. The summed E-state index contributed by atoms with van der Waals surface area (Å²) < 4.78 is 33.7. The number of carbonyl (C=O) groups is 1. The SMILES string of the molecule is CCCC(=O)N(c1ccccc1C=Cc1cc[n+]([O-])cc1)S(=O)(=O)c1ccc(OC)cc1. The number of methoxy groups -OCH3 is 1. The van der Waals surface area contributed by atoms with Crippen LogP contribution in [0.3, 0.4) is 0 Å². The average molecular weight is 453 g/mol. The first-order valence-corrected chi connectivity index (χ1v) is 11.5. The molecule has 166 valence electrons. The highest BCUT2D eigenvalue weighted by Crippen LogP contribution is 2.30. The van der Waals surface area contributed by atoms with E-state index in [0.29, 0.717) is 22.5 Å². The molecule has 1 heterocycles. The zero-order valence-corrected chi connectivity index (χ0v) is 18.7. The van der Waals surface area contributed by atoms with E-state index in [0.717, 1.165) is 9.87 Å². The van der Waals surface area contributed by atoms with Crippen molar-refractivity contribution in [3.8, 4) is 5.75 Å². The predicted octanol–water partition coefficient (Wildman–Crippen LogP) is 4.02. The summed E-state index contributed by atoms with van der Waals surface area (Å²) in [5, 5.41) is 11.2. The molecule has 3 rings (SSSR count). The summed E-state index contributed by atoms with van der Waals surface area (Å²) in [5.41, 5.74) is 1.57. The molecule has 0 spiro atoms. The zero-order chi connectivity index (χ0) is 23.1. The van der Waals surface area contributed by atoms with Crippen LogP contribution in [-0.2, 0) is 14.8 Å². The van der Waals surface area contributed by atoms with E-state index in [-0.39, 0.29) is 17.0 Å². The highest BCUT2D eigenvalue weighted by atomic mass is 32.2. The van der Waals surface area contributed by atoms with Crippen LogP contribution in [0.2, 0.25) is 0 Å². The summed E-state index contributed by atoms with van der Waals surface area (Å²) in [7, 11) is -2.67. The van der Waals surface area contributed by atoms with Gasteiger partial charge in [0.15, 0.2) is 12.4 Å². The number of benzene rings is 2. The minimum absolute atomic E-state index is 0.00963. The predicted molar refractivity (Wildman–Crippen MR) is 123 cm³/mol. The van der Waals surface area contributed by atoms with Gasteiger partial charge in [0, 0.05) is 18.6 Å². The van der Waals surface area contributed by atoms with Gasteiger partial charge in [-0.15, -0.1) is 0 Å². The Labute approximate surface area is 187 Å². The van der Waals surface area contributed by atoms with Crippen molar-refractivity contribution in [1.82, 2.24) is 0 Å². The molecule has 0 saturated carbocycles. The number of nitrogens with zero attached hydrogens (tertiary/aromatic N) is 2. The van der Waals surface area contributed by atoms with E-state index in [1.807, 2.05) is 6.92 Å². The smallest absolute Gasteiger partial charge is 0.270 e. The lowest BCUT2D eigenvalue weighted by molar-refractivity contribution is -0.605. The lowest BCUT2D eigenvalue weighted by Crippen LogP contribution is -2.37. The fraction of sp³-hybridized carbons (Fsp3) is 0.167. The highest BCUT2D eigenvalue weighted by molar-refractivity contribution is 7.93. The Hall–Kier alpha value is -3.65. The van der Waals surface area contributed by atoms with Crippen LogP contribution in [0.5, 0.6) is 5.75 Å². The van der Waals surface area contributed by atoms with Crippen LogP contribution in [0.25, 0.3) is 12.2 Å². The largest absolute Gasteiger partial charge is 0.619 e. The van der Waals surface area contributed by atoms with E-state index in [2.05, 4.69) is 0 Å². The van der Waals surface area contributed by atoms with Crippen LogP contribution in [0.4, 0.5) is 5.69 Å². The summed E-state index contributed by atoms with van der Waals surface area (Å²) in [4.78, 5) is 13.0. The van der Waals surface area contributed by atoms with Crippen LogP contribution in [0, 0.1) is 5.21 Å². The van der Waals surface area contributed by atoms with Crippen molar-refractivity contribution in [3.63, 3.8) is 0 Å². The Morgan fingerprint density at radius 2 is 1.69 bits per heavy atom. The third-order valence-corrected chi connectivity index (χ3v) is 6.48. The molecule has 0 aliphatic rings. The van der Waals surface area contributed by atoms with E-state index < -0.39 is 15.9 Å². The van der Waals surface area contributed by atoms with Crippen molar-refractivity contribution in [2.75, 3.05) is 11.4 Å². The Bertz CT molecular complexity index is 1200. The Balaban J connectivity index is 2.08. The molecule has 2 aromatic carbocycles. The molecule has 0 unspecified atom stereocenters. The van der Waals surface area contributed by atoms with Gasteiger partial charge in [-0.3, -0.25) is 4.79 Å². The Kier molecular flexibility index (Phi) is 7.27. The van der Waals surface area contributed by atoms with Crippen molar-refractivity contribution in [2.45, 2.75) is 24.7 Å². The van der Waals surface area contributed by atoms with Gasteiger partial charge in [0.1, 0.15) is 5.75 Å². The van der Waals surface area contributed by atoms with E-state index in [4.69, 9.17) is 4.74 Å². The van der Waals surface area contributed by atoms with Gasteiger partial charge in [0.05, 0.1) is 17.7 Å². The summed E-state index contributed by atoms with van der Waals surface area (Å²) in [6.07, 6.45) is 6.80. The number of hydrogen-bond donors (Lipinski definition) is 0. The van der Waals surface area contributed by atoms with E-state index in [9.17, 15) is 18.4 Å². The van der Waals surface area contributed by atoms with E-state index in [1.54, 1.807) is 60.7 Å². The number of amides is 1. The van der Waals surface area contributed by atoms with Crippen LogP contribution in [-0.4, -0.2) is 21.4 Å². The normalized spacial score (nSPS) is 11.4. The maximum atomic E-state index is 13.5. The molecule has 0 radical (unpaired) electrons. The molecular weight excluding hydrogens is 428 g/mol. The number of aromatic nitrogens is 1. The monoisotopic (exact) mass is 452 g/mol. The molecule has 1 aromatic heterocycles.